The first-order chi connectivity index (χ1) is 18.0. The summed E-state index contributed by atoms with van der Waals surface area (Å²) in [5.74, 6) is -0.832. The van der Waals surface area contributed by atoms with Crippen LogP contribution in [0.4, 0.5) is 16.0 Å². The van der Waals surface area contributed by atoms with E-state index in [1.165, 1.54) is 24.3 Å². The van der Waals surface area contributed by atoms with Crippen molar-refractivity contribution in [2.45, 2.75) is 0 Å². The van der Waals surface area contributed by atoms with Crippen molar-refractivity contribution in [2.75, 3.05) is 5.32 Å². The highest BCUT2D eigenvalue weighted by Crippen LogP contribution is 2.29. The van der Waals surface area contributed by atoms with Crippen LogP contribution in [0.15, 0.2) is 91.7 Å². The highest BCUT2D eigenvalue weighted by Gasteiger charge is 2.15. The van der Waals surface area contributed by atoms with Gasteiger partial charge in [-0.2, -0.15) is 10.1 Å². The summed E-state index contributed by atoms with van der Waals surface area (Å²) in [4.78, 5) is 24.1. The summed E-state index contributed by atoms with van der Waals surface area (Å²) in [7, 11) is 0. The molecule has 0 bridgehead atoms. The van der Waals surface area contributed by atoms with Gasteiger partial charge < -0.3 is 10.4 Å². The van der Waals surface area contributed by atoms with Gasteiger partial charge in [-0.15, -0.1) is 0 Å². The summed E-state index contributed by atoms with van der Waals surface area (Å²) in [6.45, 7) is 0. The third-order valence-electron chi connectivity index (χ3n) is 5.37. The Hall–Kier alpha value is -4.89. The second kappa shape index (κ2) is 10.4. The van der Waals surface area contributed by atoms with E-state index in [1.807, 2.05) is 36.5 Å². The minimum Gasteiger partial charge on any atom is -0.478 e. The van der Waals surface area contributed by atoms with Crippen LogP contribution >= 0.6 is 11.6 Å². The number of carboxylic acid groups (broad SMARTS) is 1. The molecule has 2 aromatic carbocycles. The van der Waals surface area contributed by atoms with Gasteiger partial charge in [-0.25, -0.2) is 18.9 Å². The SMILES string of the molecule is O=C(O)/C=C/c1cccc(-c2cnc(Nc3ccc(F)c(Cl)c3)nc2-n2cc(-c3ccncc3)cn2)c1. The highest BCUT2D eigenvalue weighted by molar-refractivity contribution is 6.31. The Labute approximate surface area is 215 Å². The van der Waals surface area contributed by atoms with Gasteiger partial charge in [0.1, 0.15) is 5.82 Å². The number of anilines is 2. The van der Waals surface area contributed by atoms with Gasteiger partial charge in [0.2, 0.25) is 5.95 Å². The Morgan fingerprint density at radius 3 is 2.65 bits per heavy atom. The second-order valence-electron chi connectivity index (χ2n) is 7.89. The number of benzene rings is 2. The first-order valence-electron chi connectivity index (χ1n) is 11.0. The number of aromatic nitrogens is 5. The van der Waals surface area contributed by atoms with E-state index in [0.717, 1.165) is 22.8 Å². The number of nitrogens with zero attached hydrogens (tertiary/aromatic N) is 5. The zero-order chi connectivity index (χ0) is 25.8. The number of carboxylic acids is 1. The monoisotopic (exact) mass is 512 g/mol. The predicted octanol–water partition coefficient (Wildman–Crippen LogP) is 6.03. The zero-order valence-electron chi connectivity index (χ0n) is 19.1. The molecular weight excluding hydrogens is 495 g/mol. The molecule has 0 atom stereocenters. The van der Waals surface area contributed by atoms with Crippen LogP contribution in [0.2, 0.25) is 5.02 Å². The van der Waals surface area contributed by atoms with Crippen molar-refractivity contribution < 1.29 is 14.3 Å². The van der Waals surface area contributed by atoms with Crippen LogP contribution in [-0.4, -0.2) is 35.8 Å². The maximum Gasteiger partial charge on any atom is 0.328 e. The molecule has 3 heterocycles. The van der Waals surface area contributed by atoms with Crippen LogP contribution in [0.3, 0.4) is 0 Å². The summed E-state index contributed by atoms with van der Waals surface area (Å²) in [5, 5.41) is 16.5. The van der Waals surface area contributed by atoms with Gasteiger partial charge in [-0.05, 0) is 59.2 Å². The van der Waals surface area contributed by atoms with Crippen molar-refractivity contribution in [3.8, 4) is 28.1 Å². The smallest absolute Gasteiger partial charge is 0.328 e. The second-order valence-corrected chi connectivity index (χ2v) is 8.30. The van der Waals surface area contributed by atoms with Gasteiger partial charge in [0.05, 0.1) is 11.2 Å². The summed E-state index contributed by atoms with van der Waals surface area (Å²) in [6, 6.07) is 15.3. The van der Waals surface area contributed by atoms with Crippen molar-refractivity contribution in [3.63, 3.8) is 0 Å². The Morgan fingerprint density at radius 1 is 1.03 bits per heavy atom. The minimum atomic E-state index is -1.04. The van der Waals surface area contributed by atoms with Crippen LogP contribution in [0.5, 0.6) is 0 Å². The van der Waals surface area contributed by atoms with Crippen molar-refractivity contribution >= 4 is 35.3 Å². The molecule has 0 aliphatic rings. The number of aliphatic carboxylic acids is 1. The first kappa shape index (κ1) is 23.8. The van der Waals surface area contributed by atoms with Crippen LogP contribution in [0, 0.1) is 5.82 Å². The van der Waals surface area contributed by atoms with Gasteiger partial charge in [0, 0.05) is 47.7 Å². The number of rotatable bonds is 7. The zero-order valence-corrected chi connectivity index (χ0v) is 19.8. The van der Waals surface area contributed by atoms with E-state index in [1.54, 1.807) is 35.5 Å². The molecule has 0 fully saturated rings. The fourth-order valence-corrected chi connectivity index (χ4v) is 3.80. The molecule has 0 amide bonds. The lowest BCUT2D eigenvalue weighted by atomic mass is 10.0. The molecule has 5 aromatic rings. The molecule has 8 nitrogen and oxygen atoms in total. The highest BCUT2D eigenvalue weighted by atomic mass is 35.5. The molecule has 3 aromatic heterocycles. The quantitative estimate of drug-likeness (QED) is 0.257. The van der Waals surface area contributed by atoms with Crippen molar-refractivity contribution in [3.05, 3.63) is 108 Å². The van der Waals surface area contributed by atoms with Gasteiger partial charge >= 0.3 is 5.97 Å². The van der Waals surface area contributed by atoms with E-state index in [-0.39, 0.29) is 11.0 Å². The molecule has 37 heavy (non-hydrogen) atoms. The molecule has 10 heteroatoms. The molecule has 0 aliphatic carbocycles. The molecule has 5 rings (SSSR count). The molecule has 2 N–H and O–H groups in total. The lowest BCUT2D eigenvalue weighted by Crippen LogP contribution is -2.06. The van der Waals surface area contributed by atoms with E-state index in [2.05, 4.69) is 20.4 Å². The minimum absolute atomic E-state index is 0.0258. The Kier molecular flexibility index (Phi) is 6.69. The standard InChI is InChI=1S/C27H18ClFN6O2/c28-23-13-21(5-6-24(23)29)33-27-31-15-22(19-3-1-2-17(12-19)4-7-25(36)37)26(34-27)35-16-20(14-32-35)18-8-10-30-11-9-18/h1-16H,(H,36,37)(H,31,33,34)/b7-4+. The number of halogens is 2. The molecule has 0 aliphatic heterocycles. The van der Waals surface area contributed by atoms with Crippen LogP contribution in [-0.2, 0) is 4.79 Å². The van der Waals surface area contributed by atoms with Gasteiger partial charge in [0.25, 0.3) is 0 Å². The topological polar surface area (TPSA) is 106 Å². The van der Waals surface area contributed by atoms with Crippen LogP contribution < -0.4 is 5.32 Å². The molecule has 182 valence electrons. The van der Waals surface area contributed by atoms with Gasteiger partial charge in [-0.1, -0.05) is 29.8 Å². The number of pyridine rings is 1. The van der Waals surface area contributed by atoms with E-state index >= 15 is 0 Å². The van der Waals surface area contributed by atoms with Crippen molar-refractivity contribution in [2.24, 2.45) is 0 Å². The van der Waals surface area contributed by atoms with E-state index in [0.29, 0.717) is 22.6 Å². The maximum absolute atomic E-state index is 13.6. The number of hydrogen-bond acceptors (Lipinski definition) is 6. The fraction of sp³-hybridized carbons (Fsp3) is 0. The third-order valence-corrected chi connectivity index (χ3v) is 5.66. The summed E-state index contributed by atoms with van der Waals surface area (Å²) in [5.41, 5.74) is 4.45. The normalized spacial score (nSPS) is 11.1. The molecule has 0 radical (unpaired) electrons. The molecule has 0 saturated carbocycles. The van der Waals surface area contributed by atoms with Gasteiger partial charge in [-0.3, -0.25) is 4.98 Å². The van der Waals surface area contributed by atoms with Crippen molar-refractivity contribution in [1.29, 1.82) is 0 Å². The number of nitrogens with one attached hydrogen (secondary N) is 1. The maximum atomic E-state index is 13.6. The Bertz CT molecular complexity index is 1620. The fourth-order valence-electron chi connectivity index (χ4n) is 3.62. The van der Waals surface area contributed by atoms with E-state index in [4.69, 9.17) is 21.7 Å². The largest absolute Gasteiger partial charge is 0.478 e. The summed E-state index contributed by atoms with van der Waals surface area (Å²) < 4.78 is 15.2. The molecule has 0 unspecified atom stereocenters. The van der Waals surface area contributed by atoms with Crippen LogP contribution in [0.25, 0.3) is 34.1 Å². The van der Waals surface area contributed by atoms with Gasteiger partial charge in [0.15, 0.2) is 5.82 Å². The number of hydrogen-bond donors (Lipinski definition) is 2. The summed E-state index contributed by atoms with van der Waals surface area (Å²) >= 11 is 5.92. The lowest BCUT2D eigenvalue weighted by Gasteiger charge is -2.12. The van der Waals surface area contributed by atoms with E-state index in [9.17, 15) is 9.18 Å². The summed E-state index contributed by atoms with van der Waals surface area (Å²) in [6.07, 6.45) is 11.2. The molecule has 0 saturated heterocycles. The predicted molar refractivity (Wildman–Crippen MR) is 139 cm³/mol. The van der Waals surface area contributed by atoms with Crippen molar-refractivity contribution in [1.82, 2.24) is 24.7 Å². The lowest BCUT2D eigenvalue weighted by molar-refractivity contribution is -0.131. The Morgan fingerprint density at radius 2 is 1.86 bits per heavy atom. The Balaban J connectivity index is 1.59. The molecular formula is C27H18ClFN6O2. The average molecular weight is 513 g/mol. The number of carbonyl (C=O) groups is 1. The first-order valence-corrected chi connectivity index (χ1v) is 11.4. The third kappa shape index (κ3) is 5.52. The van der Waals surface area contributed by atoms with Crippen LogP contribution in [0.1, 0.15) is 5.56 Å². The molecule has 0 spiro atoms. The van der Waals surface area contributed by atoms with E-state index < -0.39 is 11.8 Å². The average Bonchev–Trinajstić information content (AvgIpc) is 3.41.